The predicted molar refractivity (Wildman–Crippen MR) is 60.3 cm³/mol. The zero-order valence-corrected chi connectivity index (χ0v) is 9.82. The molecule has 0 aromatic rings. The molecule has 1 unspecified atom stereocenters. The summed E-state index contributed by atoms with van der Waals surface area (Å²) in [6.45, 7) is 3.79. The van der Waals surface area contributed by atoms with E-state index in [0.717, 1.165) is 0 Å². The minimum atomic E-state index is -0.949. The number of nitrogens with two attached hydrogens (primary N) is 2. The maximum absolute atomic E-state index is 11.4. The van der Waals surface area contributed by atoms with Gasteiger partial charge >= 0.3 is 0 Å². The molecule has 0 saturated carbocycles. The second kappa shape index (κ2) is 6.44. The van der Waals surface area contributed by atoms with Gasteiger partial charge in [-0.1, -0.05) is 13.8 Å². The fourth-order valence-corrected chi connectivity index (χ4v) is 1.19. The van der Waals surface area contributed by atoms with Crippen LogP contribution in [0.25, 0.3) is 0 Å². The standard InChI is InChI=1S/C10H21N3O3/c1-3-10(16,4-2)6-13-9(15)7(11)5-8(12)14/h7,16H,3-6,11H2,1-2H3,(H2,12,14)(H,13,15). The number of nitrogens with one attached hydrogen (secondary N) is 1. The summed E-state index contributed by atoms with van der Waals surface area (Å²) in [5.74, 6) is -1.09. The van der Waals surface area contributed by atoms with Crippen molar-refractivity contribution in [2.45, 2.75) is 44.8 Å². The molecule has 0 radical (unpaired) electrons. The van der Waals surface area contributed by atoms with E-state index in [-0.39, 0.29) is 13.0 Å². The van der Waals surface area contributed by atoms with Gasteiger partial charge in [-0.15, -0.1) is 0 Å². The van der Waals surface area contributed by atoms with Gasteiger partial charge in [0.2, 0.25) is 11.8 Å². The van der Waals surface area contributed by atoms with Crippen LogP contribution in [0.1, 0.15) is 33.1 Å². The molecule has 0 aromatic carbocycles. The molecule has 94 valence electrons. The third kappa shape index (κ3) is 5.09. The molecule has 2 amide bonds. The number of carbonyl (C=O) groups is 2. The summed E-state index contributed by atoms with van der Waals surface area (Å²) in [4.78, 5) is 21.9. The molecule has 1 atom stereocenters. The average molecular weight is 231 g/mol. The largest absolute Gasteiger partial charge is 0.388 e. The molecule has 0 saturated heterocycles. The highest BCUT2D eigenvalue weighted by molar-refractivity contribution is 5.87. The normalized spacial score (nSPS) is 13.2. The summed E-state index contributed by atoms with van der Waals surface area (Å²) in [5, 5.41) is 12.4. The molecule has 0 fully saturated rings. The highest BCUT2D eigenvalue weighted by Crippen LogP contribution is 2.12. The summed E-state index contributed by atoms with van der Waals surface area (Å²) in [6, 6.07) is -0.949. The summed E-state index contributed by atoms with van der Waals surface area (Å²) in [5.41, 5.74) is 9.44. The number of amides is 2. The Bertz CT molecular complexity index is 252. The topological polar surface area (TPSA) is 118 Å². The van der Waals surface area contributed by atoms with Gasteiger partial charge in [0.05, 0.1) is 18.1 Å². The van der Waals surface area contributed by atoms with Gasteiger partial charge in [0.25, 0.3) is 0 Å². The minimum Gasteiger partial charge on any atom is -0.388 e. The molecular weight excluding hydrogens is 210 g/mol. The summed E-state index contributed by atoms with van der Waals surface area (Å²) >= 11 is 0. The van der Waals surface area contributed by atoms with Crippen LogP contribution >= 0.6 is 0 Å². The van der Waals surface area contributed by atoms with E-state index in [2.05, 4.69) is 5.32 Å². The molecule has 6 heteroatoms. The lowest BCUT2D eigenvalue weighted by molar-refractivity contribution is -0.127. The molecule has 0 rings (SSSR count). The zero-order chi connectivity index (χ0) is 12.8. The third-order valence-corrected chi connectivity index (χ3v) is 2.67. The number of hydrogen-bond donors (Lipinski definition) is 4. The van der Waals surface area contributed by atoms with Gasteiger partial charge in [0, 0.05) is 6.54 Å². The number of primary amides is 1. The van der Waals surface area contributed by atoms with Gasteiger partial charge in [-0.2, -0.15) is 0 Å². The Labute approximate surface area is 95.4 Å². The van der Waals surface area contributed by atoms with Crippen molar-refractivity contribution in [2.24, 2.45) is 11.5 Å². The van der Waals surface area contributed by atoms with Crippen LogP contribution in [0.2, 0.25) is 0 Å². The van der Waals surface area contributed by atoms with E-state index in [4.69, 9.17) is 11.5 Å². The number of rotatable bonds is 7. The first-order valence-corrected chi connectivity index (χ1v) is 5.38. The van der Waals surface area contributed by atoms with Crippen LogP contribution in [-0.4, -0.2) is 35.1 Å². The van der Waals surface area contributed by atoms with Gasteiger partial charge in [-0.05, 0) is 12.8 Å². The quantitative estimate of drug-likeness (QED) is 0.442. The van der Waals surface area contributed by atoms with Gasteiger partial charge < -0.3 is 21.9 Å². The van der Waals surface area contributed by atoms with Crippen molar-refractivity contribution in [2.75, 3.05) is 6.54 Å². The molecule has 0 bridgehead atoms. The van der Waals surface area contributed by atoms with Gasteiger partial charge in [-0.3, -0.25) is 9.59 Å². The van der Waals surface area contributed by atoms with E-state index in [9.17, 15) is 14.7 Å². The van der Waals surface area contributed by atoms with E-state index in [1.165, 1.54) is 0 Å². The van der Waals surface area contributed by atoms with Crippen LogP contribution in [0.15, 0.2) is 0 Å². The zero-order valence-electron chi connectivity index (χ0n) is 9.82. The summed E-state index contributed by atoms with van der Waals surface area (Å²) in [6.07, 6.45) is 0.881. The fourth-order valence-electron chi connectivity index (χ4n) is 1.19. The van der Waals surface area contributed by atoms with E-state index in [1.54, 1.807) is 0 Å². The summed E-state index contributed by atoms with van der Waals surface area (Å²) < 4.78 is 0. The molecule has 6 nitrogen and oxygen atoms in total. The molecule has 0 aliphatic rings. The maximum atomic E-state index is 11.4. The predicted octanol–water partition coefficient (Wildman–Crippen LogP) is -1.14. The molecule has 0 aliphatic heterocycles. The lowest BCUT2D eigenvalue weighted by Gasteiger charge is -2.26. The Balaban J connectivity index is 4.10. The number of aliphatic hydroxyl groups is 1. The van der Waals surface area contributed by atoms with E-state index < -0.39 is 23.5 Å². The lowest BCUT2D eigenvalue weighted by Crippen LogP contribution is -2.48. The molecular formula is C10H21N3O3. The fraction of sp³-hybridized carbons (Fsp3) is 0.800. The van der Waals surface area contributed by atoms with E-state index >= 15 is 0 Å². The van der Waals surface area contributed by atoms with Crippen molar-refractivity contribution in [1.82, 2.24) is 5.32 Å². The molecule has 0 aliphatic carbocycles. The molecule has 0 aromatic heterocycles. The Morgan fingerprint density at radius 3 is 2.25 bits per heavy atom. The maximum Gasteiger partial charge on any atom is 0.237 e. The Morgan fingerprint density at radius 1 is 1.38 bits per heavy atom. The monoisotopic (exact) mass is 231 g/mol. The Kier molecular flexibility index (Phi) is 5.98. The van der Waals surface area contributed by atoms with Gasteiger partial charge in [0.1, 0.15) is 0 Å². The number of carbonyl (C=O) groups excluding carboxylic acids is 2. The highest BCUT2D eigenvalue weighted by Gasteiger charge is 2.24. The molecule has 16 heavy (non-hydrogen) atoms. The van der Waals surface area contributed by atoms with Gasteiger partial charge in [-0.25, -0.2) is 0 Å². The Morgan fingerprint density at radius 2 is 1.88 bits per heavy atom. The van der Waals surface area contributed by atoms with Crippen LogP contribution in [-0.2, 0) is 9.59 Å². The highest BCUT2D eigenvalue weighted by atomic mass is 16.3. The van der Waals surface area contributed by atoms with Crippen molar-refractivity contribution in [3.05, 3.63) is 0 Å². The molecule has 0 heterocycles. The minimum absolute atomic E-state index is 0.130. The van der Waals surface area contributed by atoms with Crippen molar-refractivity contribution < 1.29 is 14.7 Å². The third-order valence-electron chi connectivity index (χ3n) is 2.67. The average Bonchev–Trinajstić information content (AvgIpc) is 2.24. The first-order chi connectivity index (χ1) is 7.34. The lowest BCUT2D eigenvalue weighted by atomic mass is 9.97. The van der Waals surface area contributed by atoms with Gasteiger partial charge in [0.15, 0.2) is 0 Å². The molecule has 0 spiro atoms. The molecule has 6 N–H and O–H groups in total. The van der Waals surface area contributed by atoms with Crippen LogP contribution < -0.4 is 16.8 Å². The second-order valence-electron chi connectivity index (χ2n) is 3.93. The van der Waals surface area contributed by atoms with E-state index in [1.807, 2.05) is 13.8 Å². The van der Waals surface area contributed by atoms with Crippen molar-refractivity contribution in [3.63, 3.8) is 0 Å². The number of hydrogen-bond acceptors (Lipinski definition) is 4. The van der Waals surface area contributed by atoms with Crippen LogP contribution in [0.5, 0.6) is 0 Å². The van der Waals surface area contributed by atoms with Crippen LogP contribution in [0, 0.1) is 0 Å². The van der Waals surface area contributed by atoms with Crippen LogP contribution in [0.4, 0.5) is 0 Å². The second-order valence-corrected chi connectivity index (χ2v) is 3.93. The smallest absolute Gasteiger partial charge is 0.237 e. The van der Waals surface area contributed by atoms with Crippen LogP contribution in [0.3, 0.4) is 0 Å². The summed E-state index contributed by atoms with van der Waals surface area (Å²) in [7, 11) is 0. The Hall–Kier alpha value is -1.14. The van der Waals surface area contributed by atoms with E-state index in [0.29, 0.717) is 12.8 Å². The first kappa shape index (κ1) is 14.9. The SMILES string of the molecule is CCC(O)(CC)CNC(=O)C(N)CC(N)=O. The first-order valence-electron chi connectivity index (χ1n) is 5.38. The van der Waals surface area contributed by atoms with Crippen molar-refractivity contribution in [1.29, 1.82) is 0 Å². The van der Waals surface area contributed by atoms with Crippen molar-refractivity contribution in [3.8, 4) is 0 Å². The van der Waals surface area contributed by atoms with Crippen molar-refractivity contribution >= 4 is 11.8 Å².